The van der Waals surface area contributed by atoms with E-state index in [1.54, 1.807) is 41.3 Å². The molecule has 1 saturated carbocycles. The van der Waals surface area contributed by atoms with E-state index in [-0.39, 0.29) is 76.3 Å². The summed E-state index contributed by atoms with van der Waals surface area (Å²) >= 11 is 0. The minimum Gasteiger partial charge on any atom is -0.459 e. The second kappa shape index (κ2) is 28.9. The first-order valence-corrected chi connectivity index (χ1v) is 26.2. The van der Waals surface area contributed by atoms with E-state index >= 15 is 4.79 Å². The topological polar surface area (TPSA) is 192 Å². The first-order chi connectivity index (χ1) is 33.9. The third-order valence-corrected chi connectivity index (χ3v) is 13.7. The number of oxime groups is 1. The van der Waals surface area contributed by atoms with E-state index in [0.717, 1.165) is 56.1 Å². The highest BCUT2D eigenvalue weighted by atomic mass is 16.7. The lowest BCUT2D eigenvalue weighted by atomic mass is 9.55. The number of hydrogen-bond acceptors (Lipinski definition) is 12. The molecule has 14 heteroatoms. The molecule has 70 heavy (non-hydrogen) atoms. The van der Waals surface area contributed by atoms with Crippen molar-refractivity contribution in [1.82, 2.24) is 10.2 Å². The van der Waals surface area contributed by atoms with Crippen LogP contribution in [-0.2, 0) is 14.3 Å². The number of nitrogens with one attached hydrogen (secondary N) is 1. The number of carbonyl (C=O) groups excluding carboxylic acids is 2. The summed E-state index contributed by atoms with van der Waals surface area (Å²) < 4.78 is 26.3. The molecule has 4 N–H and O–H groups in total. The maximum absolute atomic E-state index is 15.1. The maximum atomic E-state index is 15.1. The molecule has 14 nitrogen and oxygen atoms in total. The molecule has 6 atom stereocenters. The smallest absolute Gasteiger partial charge is 0.412 e. The minimum absolute atomic E-state index is 0.00173. The maximum Gasteiger partial charge on any atom is 0.412 e. The summed E-state index contributed by atoms with van der Waals surface area (Å²) in [5, 5.41) is 47.1. The SMILES string of the molecule is C=CCOC12Oc3ccc(OC(=O)NCCCCCCCCCCCC)cc3C3C(CCCCO)C(CCCCO)C=C(C(=NOC(C)(C)C)CC1N(CCOCCO)C(=O)c1ccc(C#N)cc1)C32. The van der Waals surface area contributed by atoms with Crippen molar-refractivity contribution in [1.29, 1.82) is 5.26 Å². The molecule has 0 spiro atoms. The van der Waals surface area contributed by atoms with Crippen LogP contribution in [0, 0.1) is 29.1 Å². The molecule has 6 unspecified atom stereocenters. The van der Waals surface area contributed by atoms with E-state index in [0.29, 0.717) is 47.7 Å². The lowest BCUT2D eigenvalue weighted by molar-refractivity contribution is -0.254. The zero-order valence-corrected chi connectivity index (χ0v) is 42.5. The van der Waals surface area contributed by atoms with Crippen molar-refractivity contribution < 1.29 is 48.7 Å². The van der Waals surface area contributed by atoms with Gasteiger partial charge in [0.25, 0.3) is 5.91 Å². The van der Waals surface area contributed by atoms with E-state index in [9.17, 15) is 25.4 Å². The number of amides is 2. The summed E-state index contributed by atoms with van der Waals surface area (Å²) in [4.78, 5) is 36.5. The van der Waals surface area contributed by atoms with Crippen molar-refractivity contribution in [2.45, 2.75) is 160 Å². The van der Waals surface area contributed by atoms with E-state index in [4.69, 9.17) is 28.9 Å². The highest BCUT2D eigenvalue weighted by Crippen LogP contribution is 2.62. The van der Waals surface area contributed by atoms with Crippen LogP contribution in [0.1, 0.15) is 164 Å². The predicted octanol–water partition coefficient (Wildman–Crippen LogP) is 10.2. The van der Waals surface area contributed by atoms with Gasteiger partial charge < -0.3 is 49.3 Å². The van der Waals surface area contributed by atoms with Gasteiger partial charge in [-0.3, -0.25) is 4.79 Å². The van der Waals surface area contributed by atoms with Gasteiger partial charge in [-0.1, -0.05) is 94.9 Å². The van der Waals surface area contributed by atoms with Gasteiger partial charge in [-0.15, -0.1) is 6.58 Å². The molecule has 2 aliphatic carbocycles. The van der Waals surface area contributed by atoms with E-state index < -0.39 is 29.4 Å². The normalized spacial score (nSPS) is 21.9. The lowest BCUT2D eigenvalue weighted by Gasteiger charge is -2.60. The summed E-state index contributed by atoms with van der Waals surface area (Å²) in [7, 11) is 0. The Balaban J connectivity index is 1.61. The van der Waals surface area contributed by atoms with Crippen molar-refractivity contribution in [3.63, 3.8) is 0 Å². The first kappa shape index (κ1) is 56.1. The van der Waals surface area contributed by atoms with Crippen molar-refractivity contribution in [2.75, 3.05) is 52.7 Å². The highest BCUT2D eigenvalue weighted by molar-refractivity contribution is 6.03. The molecule has 0 aromatic heterocycles. The molecule has 3 aliphatic rings. The van der Waals surface area contributed by atoms with Gasteiger partial charge in [0.15, 0.2) is 0 Å². The quantitative estimate of drug-likeness (QED) is 0.0319. The van der Waals surface area contributed by atoms with Crippen LogP contribution in [0.2, 0.25) is 0 Å². The third kappa shape index (κ3) is 15.6. The fourth-order valence-corrected chi connectivity index (χ4v) is 10.4. The number of hydrogen-bond donors (Lipinski definition) is 4. The molecule has 5 rings (SSSR count). The van der Waals surface area contributed by atoms with Crippen LogP contribution < -0.4 is 14.8 Å². The Bertz CT molecular complexity index is 2040. The molecule has 0 bridgehead atoms. The van der Waals surface area contributed by atoms with Gasteiger partial charge in [-0.2, -0.15) is 5.26 Å². The minimum atomic E-state index is -1.54. The Morgan fingerprint density at radius 2 is 1.60 bits per heavy atom. The summed E-state index contributed by atoms with van der Waals surface area (Å²) in [6, 6.07) is 13.2. The Morgan fingerprint density at radius 3 is 2.24 bits per heavy atom. The molecule has 386 valence electrons. The molecular formula is C56H82N4O10. The molecule has 1 heterocycles. The number of fused-ring (bicyclic) bond motifs is 2. The molecule has 0 radical (unpaired) electrons. The summed E-state index contributed by atoms with van der Waals surface area (Å²) in [5.74, 6) is -1.99. The zero-order valence-electron chi connectivity index (χ0n) is 42.5. The summed E-state index contributed by atoms with van der Waals surface area (Å²) in [6.07, 6.45) is 19.8. The van der Waals surface area contributed by atoms with Crippen molar-refractivity contribution in [2.24, 2.45) is 22.9 Å². The summed E-state index contributed by atoms with van der Waals surface area (Å²) in [5.41, 5.74) is 2.42. The predicted molar refractivity (Wildman–Crippen MR) is 272 cm³/mol. The average Bonchev–Trinajstić information content (AvgIpc) is 3.35. The Labute approximate surface area is 417 Å². The average molecular weight is 971 g/mol. The Morgan fingerprint density at radius 1 is 0.914 bits per heavy atom. The van der Waals surface area contributed by atoms with Gasteiger partial charge in [-0.25, -0.2) is 4.79 Å². The number of unbranched alkanes of at least 4 members (excludes halogenated alkanes) is 11. The lowest BCUT2D eigenvalue weighted by Crippen LogP contribution is -2.70. The van der Waals surface area contributed by atoms with Crippen LogP contribution in [0.3, 0.4) is 0 Å². The van der Waals surface area contributed by atoms with Crippen LogP contribution in [0.15, 0.2) is 71.9 Å². The second-order valence-electron chi connectivity index (χ2n) is 20.0. The van der Waals surface area contributed by atoms with Gasteiger partial charge in [0.05, 0.1) is 49.7 Å². The van der Waals surface area contributed by atoms with Gasteiger partial charge in [0, 0.05) is 49.8 Å². The molecule has 1 fully saturated rings. The zero-order chi connectivity index (χ0) is 50.4. The van der Waals surface area contributed by atoms with E-state index in [1.807, 2.05) is 32.9 Å². The number of ether oxygens (including phenoxy) is 4. The Kier molecular flexibility index (Phi) is 23.2. The van der Waals surface area contributed by atoms with Crippen LogP contribution in [0.4, 0.5) is 4.79 Å². The highest BCUT2D eigenvalue weighted by Gasteiger charge is 2.65. The monoisotopic (exact) mass is 971 g/mol. The Hall–Kier alpha value is -4.78. The van der Waals surface area contributed by atoms with E-state index in [1.165, 1.54) is 44.9 Å². The fourth-order valence-electron chi connectivity index (χ4n) is 10.4. The number of nitriles is 1. The van der Waals surface area contributed by atoms with Crippen molar-refractivity contribution in [3.8, 4) is 17.6 Å². The number of allylic oxidation sites excluding steroid dienone is 1. The molecule has 2 aromatic carbocycles. The van der Waals surface area contributed by atoms with Gasteiger partial charge >= 0.3 is 6.09 Å². The standard InChI is InChI=1S/C56H82N4O10/c1-6-8-9-10-11-12-13-14-15-18-29-58-54(65)68-44-27-28-49-47(38-44)51-45(22-17-20-32-62)43(21-16-19-31-61)37-46-48(59-70-55(3,4)5)39-50(56(69-49,52(46)51)67-34-7-2)60(30-35-66-36-33-63)53(64)42-25-23-41(40-57)24-26-42/h7,23-28,37-38,43,45,50-52,61-63H,2,6,8-22,29-36,39H2,1,3-5H3,(H,58,65). The van der Waals surface area contributed by atoms with E-state index in [2.05, 4.69) is 31.0 Å². The van der Waals surface area contributed by atoms with Gasteiger partial charge in [0.1, 0.15) is 23.1 Å². The largest absolute Gasteiger partial charge is 0.459 e. The third-order valence-electron chi connectivity index (χ3n) is 13.7. The van der Waals surface area contributed by atoms with Crippen molar-refractivity contribution in [3.05, 3.63) is 83.5 Å². The first-order valence-electron chi connectivity index (χ1n) is 26.2. The van der Waals surface area contributed by atoms with Crippen LogP contribution in [-0.4, -0.2) is 108 Å². The van der Waals surface area contributed by atoms with Gasteiger partial charge in [0.2, 0.25) is 5.79 Å². The number of rotatable bonds is 31. The molecule has 0 saturated heterocycles. The number of aliphatic hydroxyl groups is 3. The van der Waals surface area contributed by atoms with Crippen LogP contribution >= 0.6 is 0 Å². The fraction of sp³-hybridized carbons (Fsp3) is 0.643. The van der Waals surface area contributed by atoms with Crippen LogP contribution in [0.5, 0.6) is 11.5 Å². The molecular weight excluding hydrogens is 889 g/mol. The molecule has 2 amide bonds. The molecule has 2 aromatic rings. The summed E-state index contributed by atoms with van der Waals surface area (Å²) in [6.45, 7) is 12.8. The number of benzene rings is 2. The number of carbonyl (C=O) groups is 2. The number of aliphatic hydroxyl groups excluding tert-OH is 3. The second-order valence-corrected chi connectivity index (χ2v) is 20.0. The number of nitrogens with zero attached hydrogens (tertiary/aromatic N) is 3. The molecule has 1 aliphatic heterocycles. The van der Waals surface area contributed by atoms with Gasteiger partial charge in [-0.05, 0) is 113 Å². The van der Waals surface area contributed by atoms with Crippen LogP contribution in [0.25, 0.3) is 0 Å². The van der Waals surface area contributed by atoms with Crippen molar-refractivity contribution >= 4 is 17.7 Å².